The van der Waals surface area contributed by atoms with Gasteiger partial charge in [-0.15, -0.1) is 0 Å². The van der Waals surface area contributed by atoms with Crippen LogP contribution in [0.15, 0.2) is 179 Å². The van der Waals surface area contributed by atoms with E-state index in [-0.39, 0.29) is 21.2 Å². The van der Waals surface area contributed by atoms with Crippen molar-refractivity contribution in [3.05, 3.63) is 165 Å². The summed E-state index contributed by atoms with van der Waals surface area (Å²) in [5.41, 5.74) is 10.4. The Labute approximate surface area is 385 Å². The van der Waals surface area contributed by atoms with Gasteiger partial charge >= 0.3 is 0 Å². The normalized spacial score (nSPS) is 11.9. The standard InChI is InChI=1S/C49H39N11O5S2/c1-59(2)15-16-60-30-39(25-54-60)49-29-53-45-13-9-35(22-47(45)56-49)37-18-40(26-50-23-37)57-66(61,62)42-10-6-32(7-11-42)33-4-3-5-43(20-33)67(63,64)58-41-19-38(24-51-27-41)34-8-12-44-46(21-34)55-48(28-52-44)36-14-17-65-31-36/h3-14,17-31,57-58H,15-16H2,1-2H3. The molecule has 332 valence electrons. The van der Waals surface area contributed by atoms with Gasteiger partial charge in [0, 0.05) is 47.4 Å². The fourth-order valence-electron chi connectivity index (χ4n) is 7.40. The second-order valence-electron chi connectivity index (χ2n) is 15.9. The summed E-state index contributed by atoms with van der Waals surface area (Å²) in [4.78, 5) is 29.4. The number of aromatic nitrogens is 8. The first kappa shape index (κ1) is 42.7. The Bertz CT molecular complexity index is 3680. The number of hydrogen-bond donors (Lipinski definition) is 2. The molecule has 0 unspecified atom stereocenters. The number of nitrogens with zero attached hydrogens (tertiary/aromatic N) is 9. The van der Waals surface area contributed by atoms with Crippen LogP contribution in [0.25, 0.3) is 78.0 Å². The van der Waals surface area contributed by atoms with Crippen LogP contribution in [0, 0.1) is 0 Å². The molecule has 0 amide bonds. The van der Waals surface area contributed by atoms with Crippen molar-refractivity contribution in [2.45, 2.75) is 16.3 Å². The molecule has 0 aliphatic heterocycles. The van der Waals surface area contributed by atoms with Gasteiger partial charge < -0.3 is 9.32 Å². The molecule has 18 heteroatoms. The second-order valence-corrected chi connectivity index (χ2v) is 19.3. The van der Waals surface area contributed by atoms with E-state index in [4.69, 9.17) is 14.4 Å². The van der Waals surface area contributed by atoms with Crippen LogP contribution in [-0.4, -0.2) is 82.1 Å². The van der Waals surface area contributed by atoms with Crippen LogP contribution < -0.4 is 9.44 Å². The minimum absolute atomic E-state index is 0.00915. The van der Waals surface area contributed by atoms with Crippen LogP contribution in [-0.2, 0) is 26.6 Å². The number of rotatable bonds is 14. The predicted molar refractivity (Wildman–Crippen MR) is 257 cm³/mol. The van der Waals surface area contributed by atoms with Gasteiger partial charge in [0.15, 0.2) is 0 Å². The Hall–Kier alpha value is -8.19. The highest BCUT2D eigenvalue weighted by Crippen LogP contribution is 2.31. The molecule has 0 aliphatic rings. The zero-order chi connectivity index (χ0) is 46.1. The summed E-state index contributed by atoms with van der Waals surface area (Å²) >= 11 is 0. The van der Waals surface area contributed by atoms with Gasteiger partial charge in [-0.2, -0.15) is 5.10 Å². The Morgan fingerprint density at radius 3 is 1.72 bits per heavy atom. The summed E-state index contributed by atoms with van der Waals surface area (Å²) in [7, 11) is -4.09. The molecule has 6 aromatic heterocycles. The number of pyridine rings is 2. The van der Waals surface area contributed by atoms with Crippen molar-refractivity contribution in [1.29, 1.82) is 0 Å². The molecule has 2 N–H and O–H groups in total. The molecular formula is C49H39N11O5S2. The van der Waals surface area contributed by atoms with Crippen molar-refractivity contribution in [3.63, 3.8) is 0 Å². The van der Waals surface area contributed by atoms with Crippen molar-refractivity contribution >= 4 is 53.5 Å². The molecule has 4 aromatic carbocycles. The van der Waals surface area contributed by atoms with E-state index in [1.54, 1.807) is 79.9 Å². The first-order chi connectivity index (χ1) is 32.4. The summed E-state index contributed by atoms with van der Waals surface area (Å²) < 4.78 is 67.1. The number of fused-ring (bicyclic) bond motifs is 2. The lowest BCUT2D eigenvalue weighted by Crippen LogP contribution is -2.18. The number of likely N-dealkylation sites (N-methyl/N-ethyl adjacent to an activating group) is 1. The Balaban J connectivity index is 0.822. The number of benzene rings is 4. The van der Waals surface area contributed by atoms with E-state index in [1.165, 1.54) is 36.7 Å². The summed E-state index contributed by atoms with van der Waals surface area (Å²) in [6.07, 6.45) is 16.5. The SMILES string of the molecule is CN(C)CCn1cc(-c2cnc3ccc(-c4cncc(NS(=O)(=O)c5ccc(-c6cccc(S(=O)(=O)Nc7cncc(-c8ccc9ncc(-c%10ccoc%10)nc9c8)c7)c6)cc5)c4)cc3n2)cn1. The number of hydrogen-bond acceptors (Lipinski definition) is 13. The molecule has 0 aliphatic carbocycles. The molecule has 16 nitrogen and oxygen atoms in total. The van der Waals surface area contributed by atoms with Crippen LogP contribution in [0.4, 0.5) is 11.4 Å². The first-order valence-corrected chi connectivity index (χ1v) is 23.8. The van der Waals surface area contributed by atoms with Crippen molar-refractivity contribution in [2.75, 3.05) is 30.1 Å². The van der Waals surface area contributed by atoms with E-state index in [1.807, 2.05) is 67.4 Å². The summed E-state index contributed by atoms with van der Waals surface area (Å²) in [5, 5.41) is 4.46. The second kappa shape index (κ2) is 17.7. The van der Waals surface area contributed by atoms with E-state index in [0.717, 1.165) is 35.3 Å². The first-order valence-electron chi connectivity index (χ1n) is 20.8. The van der Waals surface area contributed by atoms with E-state index in [2.05, 4.69) is 39.4 Å². The van der Waals surface area contributed by atoms with Crippen LogP contribution >= 0.6 is 0 Å². The minimum Gasteiger partial charge on any atom is -0.472 e. The fraction of sp³-hybridized carbons (Fsp3) is 0.0816. The lowest BCUT2D eigenvalue weighted by molar-refractivity contribution is 0.373. The van der Waals surface area contributed by atoms with E-state index in [9.17, 15) is 16.8 Å². The maximum absolute atomic E-state index is 13.7. The zero-order valence-corrected chi connectivity index (χ0v) is 37.5. The highest BCUT2D eigenvalue weighted by Gasteiger charge is 2.19. The lowest BCUT2D eigenvalue weighted by Gasteiger charge is -2.12. The number of anilines is 2. The van der Waals surface area contributed by atoms with Gasteiger partial charge in [-0.1, -0.05) is 36.4 Å². The fourth-order valence-corrected chi connectivity index (χ4v) is 9.51. The van der Waals surface area contributed by atoms with Crippen LogP contribution in [0.3, 0.4) is 0 Å². The number of furan rings is 1. The van der Waals surface area contributed by atoms with Crippen molar-refractivity contribution < 1.29 is 21.3 Å². The van der Waals surface area contributed by atoms with Gasteiger partial charge in [0.2, 0.25) is 0 Å². The highest BCUT2D eigenvalue weighted by atomic mass is 32.2. The summed E-state index contributed by atoms with van der Waals surface area (Å²) in [6.45, 7) is 1.60. The molecule has 0 saturated carbocycles. The third-order valence-electron chi connectivity index (χ3n) is 10.9. The average Bonchev–Trinajstić information content (AvgIpc) is 4.07. The molecular weight excluding hydrogens is 887 g/mol. The lowest BCUT2D eigenvalue weighted by atomic mass is 10.1. The summed E-state index contributed by atoms with van der Waals surface area (Å²) in [6, 6.07) is 29.0. The number of sulfonamides is 2. The van der Waals surface area contributed by atoms with Gasteiger partial charge in [-0.05, 0) is 103 Å². The van der Waals surface area contributed by atoms with Gasteiger partial charge in [-0.25, -0.2) is 26.8 Å². The van der Waals surface area contributed by atoms with Crippen LogP contribution in [0.2, 0.25) is 0 Å². The molecule has 0 spiro atoms. The molecule has 0 atom stereocenters. The maximum atomic E-state index is 13.7. The third kappa shape index (κ3) is 9.35. The van der Waals surface area contributed by atoms with E-state index >= 15 is 0 Å². The Morgan fingerprint density at radius 1 is 0.537 bits per heavy atom. The van der Waals surface area contributed by atoms with Crippen molar-refractivity contribution in [1.82, 2.24) is 44.6 Å². The Kier molecular flexibility index (Phi) is 11.3. The zero-order valence-electron chi connectivity index (χ0n) is 35.9. The van der Waals surface area contributed by atoms with Crippen LogP contribution in [0.1, 0.15) is 0 Å². The predicted octanol–water partition coefficient (Wildman–Crippen LogP) is 8.65. The molecule has 67 heavy (non-hydrogen) atoms. The quantitative estimate of drug-likeness (QED) is 0.105. The molecule has 6 heterocycles. The maximum Gasteiger partial charge on any atom is 0.261 e. The topological polar surface area (TPSA) is 204 Å². The highest BCUT2D eigenvalue weighted by molar-refractivity contribution is 7.93. The average molecular weight is 926 g/mol. The third-order valence-corrected chi connectivity index (χ3v) is 13.7. The monoisotopic (exact) mass is 925 g/mol. The van der Waals surface area contributed by atoms with E-state index < -0.39 is 20.0 Å². The summed E-state index contributed by atoms with van der Waals surface area (Å²) in [5.74, 6) is 0. The molecule has 0 radical (unpaired) electrons. The van der Waals surface area contributed by atoms with E-state index in [0.29, 0.717) is 55.7 Å². The van der Waals surface area contributed by atoms with Gasteiger partial charge in [0.1, 0.15) is 0 Å². The Morgan fingerprint density at radius 2 is 1.12 bits per heavy atom. The van der Waals surface area contributed by atoms with Crippen molar-refractivity contribution in [3.8, 4) is 55.9 Å². The molecule has 10 aromatic rings. The molecule has 0 fully saturated rings. The minimum atomic E-state index is -4.07. The largest absolute Gasteiger partial charge is 0.472 e. The molecule has 0 bridgehead atoms. The van der Waals surface area contributed by atoms with Crippen molar-refractivity contribution in [2.24, 2.45) is 0 Å². The van der Waals surface area contributed by atoms with Gasteiger partial charge in [0.25, 0.3) is 20.0 Å². The smallest absolute Gasteiger partial charge is 0.261 e. The number of nitrogens with one attached hydrogen (secondary N) is 2. The molecule has 10 rings (SSSR count). The van der Waals surface area contributed by atoms with Crippen LogP contribution in [0.5, 0.6) is 0 Å². The molecule has 0 saturated heterocycles. The van der Waals surface area contributed by atoms with Gasteiger partial charge in [0.05, 0.1) is 105 Å². The van der Waals surface area contributed by atoms with Gasteiger partial charge in [-0.3, -0.25) is 34.1 Å².